The van der Waals surface area contributed by atoms with Crippen LogP contribution in [0.2, 0.25) is 0 Å². The zero-order chi connectivity index (χ0) is 30.4. The smallest absolute Gasteiger partial charge is 0.306 e. The van der Waals surface area contributed by atoms with Gasteiger partial charge in [0.15, 0.2) is 0 Å². The van der Waals surface area contributed by atoms with Gasteiger partial charge in [0.2, 0.25) is 0 Å². The van der Waals surface area contributed by atoms with Crippen molar-refractivity contribution in [3.05, 3.63) is 106 Å². The number of fused-ring (bicyclic) bond motifs is 1. The molecule has 4 rings (SSSR count). The van der Waals surface area contributed by atoms with E-state index in [-0.39, 0.29) is 34.4 Å². The van der Waals surface area contributed by atoms with E-state index < -0.39 is 35.8 Å². The van der Waals surface area contributed by atoms with E-state index in [1.807, 2.05) is 0 Å². The van der Waals surface area contributed by atoms with Gasteiger partial charge in [-0.15, -0.1) is 0 Å². The predicted molar refractivity (Wildman–Crippen MR) is 154 cm³/mol. The van der Waals surface area contributed by atoms with Crippen LogP contribution in [0, 0.1) is 11.6 Å². The SMILES string of the molecule is CC(C)(C)OC(=O)CCCCc1nc2cc(C(=O)NC(CO)c3ccc(F)cc3)ccc2c(=O)n1-c1ccc(F)cc1. The normalized spacial score (nSPS) is 12.2. The molecule has 3 aromatic carbocycles. The second kappa shape index (κ2) is 13.0. The topological polar surface area (TPSA) is 111 Å². The second-order valence-corrected chi connectivity index (χ2v) is 10.9. The van der Waals surface area contributed by atoms with Crippen LogP contribution in [0.5, 0.6) is 0 Å². The van der Waals surface area contributed by atoms with Crippen LogP contribution in [0.1, 0.15) is 67.8 Å². The molecule has 10 heteroatoms. The lowest BCUT2D eigenvalue weighted by molar-refractivity contribution is -0.154. The minimum absolute atomic E-state index is 0.204. The van der Waals surface area contributed by atoms with E-state index in [4.69, 9.17) is 9.72 Å². The summed E-state index contributed by atoms with van der Waals surface area (Å²) in [5.41, 5.74) is 0.494. The number of nitrogens with one attached hydrogen (secondary N) is 1. The first-order valence-corrected chi connectivity index (χ1v) is 13.7. The van der Waals surface area contributed by atoms with E-state index >= 15 is 0 Å². The number of carbonyl (C=O) groups is 2. The molecule has 4 aromatic rings. The molecular weight excluding hydrogens is 544 g/mol. The van der Waals surface area contributed by atoms with Crippen molar-refractivity contribution in [3.63, 3.8) is 0 Å². The zero-order valence-corrected chi connectivity index (χ0v) is 23.7. The Morgan fingerprint density at radius 3 is 2.24 bits per heavy atom. The quantitative estimate of drug-likeness (QED) is 0.199. The van der Waals surface area contributed by atoms with Gasteiger partial charge in [0.25, 0.3) is 11.5 Å². The third kappa shape index (κ3) is 7.64. The van der Waals surface area contributed by atoms with Gasteiger partial charge in [-0.1, -0.05) is 12.1 Å². The molecule has 0 saturated carbocycles. The Morgan fingerprint density at radius 2 is 1.62 bits per heavy atom. The molecule has 42 heavy (non-hydrogen) atoms. The maximum Gasteiger partial charge on any atom is 0.306 e. The first kappa shape index (κ1) is 30.5. The lowest BCUT2D eigenvalue weighted by Crippen LogP contribution is -2.31. The molecule has 220 valence electrons. The highest BCUT2D eigenvalue weighted by atomic mass is 19.1. The molecule has 0 bridgehead atoms. The molecule has 0 radical (unpaired) electrons. The van der Waals surface area contributed by atoms with Crippen molar-refractivity contribution in [2.45, 2.75) is 58.1 Å². The number of hydrogen-bond donors (Lipinski definition) is 2. The minimum Gasteiger partial charge on any atom is -0.460 e. The summed E-state index contributed by atoms with van der Waals surface area (Å²) in [5.74, 6) is -1.32. The van der Waals surface area contributed by atoms with Crippen LogP contribution in [0.25, 0.3) is 16.6 Å². The van der Waals surface area contributed by atoms with E-state index in [2.05, 4.69) is 5.32 Å². The number of halogens is 2. The molecule has 0 spiro atoms. The summed E-state index contributed by atoms with van der Waals surface area (Å²) in [6, 6.07) is 14.6. The molecule has 0 aliphatic carbocycles. The number of hydrogen-bond acceptors (Lipinski definition) is 6. The molecule has 2 N–H and O–H groups in total. The van der Waals surface area contributed by atoms with Crippen LogP contribution in [-0.2, 0) is 16.0 Å². The molecule has 1 aromatic heterocycles. The number of benzene rings is 3. The number of aliphatic hydroxyl groups is 1. The van der Waals surface area contributed by atoms with Crippen LogP contribution in [0.15, 0.2) is 71.5 Å². The summed E-state index contributed by atoms with van der Waals surface area (Å²) in [5, 5.41) is 12.8. The largest absolute Gasteiger partial charge is 0.460 e. The molecule has 1 amide bonds. The Hall–Kier alpha value is -4.44. The van der Waals surface area contributed by atoms with Crippen molar-refractivity contribution < 1.29 is 28.2 Å². The van der Waals surface area contributed by atoms with Gasteiger partial charge in [0.05, 0.1) is 29.2 Å². The van der Waals surface area contributed by atoms with Crippen molar-refractivity contribution in [1.82, 2.24) is 14.9 Å². The number of amides is 1. The Morgan fingerprint density at radius 1 is 0.976 bits per heavy atom. The van der Waals surface area contributed by atoms with Gasteiger partial charge >= 0.3 is 5.97 Å². The highest BCUT2D eigenvalue weighted by Gasteiger charge is 2.19. The average molecular weight is 578 g/mol. The summed E-state index contributed by atoms with van der Waals surface area (Å²) in [4.78, 5) is 43.5. The van der Waals surface area contributed by atoms with E-state index in [0.29, 0.717) is 36.3 Å². The Bertz CT molecular complexity index is 1630. The third-order valence-corrected chi connectivity index (χ3v) is 6.50. The van der Waals surface area contributed by atoms with Crippen molar-refractivity contribution in [2.75, 3.05) is 6.61 Å². The highest BCUT2D eigenvalue weighted by molar-refractivity contribution is 5.98. The standard InChI is InChI=1S/C32H33F2N3O5/c1-32(2,3)42-29(39)7-5-4-6-28-35-26-18-21(30(40)36-27(19-38)20-8-11-22(33)12-9-20)10-17-25(26)31(41)37(28)24-15-13-23(34)14-16-24/h8-18,27,38H,4-7,19H2,1-3H3,(H,36,40). The van der Waals surface area contributed by atoms with Gasteiger partial charge in [0.1, 0.15) is 23.1 Å². The third-order valence-electron chi connectivity index (χ3n) is 6.50. The zero-order valence-electron chi connectivity index (χ0n) is 23.7. The van der Waals surface area contributed by atoms with Crippen LogP contribution in [0.3, 0.4) is 0 Å². The molecule has 0 aliphatic heterocycles. The van der Waals surface area contributed by atoms with Gasteiger partial charge in [-0.05, 0) is 93.8 Å². The minimum atomic E-state index is -0.770. The summed E-state index contributed by atoms with van der Waals surface area (Å²) in [6.07, 6.45) is 1.56. The maximum absolute atomic E-state index is 13.6. The Balaban J connectivity index is 1.63. The number of unbranched alkanes of at least 4 members (excludes halogenated alkanes) is 1. The van der Waals surface area contributed by atoms with Crippen LogP contribution in [-0.4, -0.2) is 38.7 Å². The molecule has 1 heterocycles. The van der Waals surface area contributed by atoms with Crippen molar-refractivity contribution in [1.29, 1.82) is 0 Å². The number of aromatic nitrogens is 2. The molecule has 8 nitrogen and oxygen atoms in total. The number of nitrogens with zero attached hydrogens (tertiary/aromatic N) is 2. The molecule has 0 fully saturated rings. The van der Waals surface area contributed by atoms with E-state index in [1.165, 1.54) is 71.3 Å². The van der Waals surface area contributed by atoms with Crippen LogP contribution in [0.4, 0.5) is 8.78 Å². The molecule has 0 saturated heterocycles. The van der Waals surface area contributed by atoms with E-state index in [9.17, 15) is 28.3 Å². The first-order valence-electron chi connectivity index (χ1n) is 13.7. The first-order chi connectivity index (χ1) is 19.9. The molecular formula is C32H33F2N3O5. The van der Waals surface area contributed by atoms with Gasteiger partial charge in [-0.3, -0.25) is 19.0 Å². The Labute approximate surface area is 242 Å². The Kier molecular flexibility index (Phi) is 9.47. The van der Waals surface area contributed by atoms with Crippen LogP contribution < -0.4 is 10.9 Å². The fourth-order valence-electron chi connectivity index (χ4n) is 4.51. The van der Waals surface area contributed by atoms with Crippen molar-refractivity contribution in [2.24, 2.45) is 0 Å². The van der Waals surface area contributed by atoms with Crippen LogP contribution >= 0.6 is 0 Å². The molecule has 0 aliphatic rings. The lowest BCUT2D eigenvalue weighted by atomic mass is 10.1. The van der Waals surface area contributed by atoms with Gasteiger partial charge in [-0.25, -0.2) is 13.8 Å². The van der Waals surface area contributed by atoms with Gasteiger partial charge < -0.3 is 15.2 Å². The van der Waals surface area contributed by atoms with Gasteiger partial charge in [-0.2, -0.15) is 0 Å². The number of aliphatic hydroxyl groups excluding tert-OH is 1. The van der Waals surface area contributed by atoms with E-state index in [1.54, 1.807) is 20.8 Å². The maximum atomic E-state index is 13.6. The van der Waals surface area contributed by atoms with Crippen molar-refractivity contribution >= 4 is 22.8 Å². The highest BCUT2D eigenvalue weighted by Crippen LogP contribution is 2.19. The summed E-state index contributed by atoms with van der Waals surface area (Å²) >= 11 is 0. The number of esters is 1. The van der Waals surface area contributed by atoms with E-state index in [0.717, 1.165) is 0 Å². The molecule has 1 atom stereocenters. The monoisotopic (exact) mass is 577 g/mol. The van der Waals surface area contributed by atoms with Crippen molar-refractivity contribution in [3.8, 4) is 5.69 Å². The average Bonchev–Trinajstić information content (AvgIpc) is 2.94. The number of aryl methyl sites for hydroxylation is 1. The predicted octanol–water partition coefficient (Wildman–Crippen LogP) is 5.18. The second-order valence-electron chi connectivity index (χ2n) is 10.9. The fourth-order valence-corrected chi connectivity index (χ4v) is 4.51. The number of ether oxygens (including phenoxy) is 1. The number of carbonyl (C=O) groups excluding carboxylic acids is 2. The summed E-state index contributed by atoms with van der Waals surface area (Å²) in [7, 11) is 0. The molecule has 1 unspecified atom stereocenters. The van der Waals surface area contributed by atoms with Gasteiger partial charge in [0, 0.05) is 18.4 Å². The lowest BCUT2D eigenvalue weighted by Gasteiger charge is -2.19. The number of rotatable bonds is 10. The fraction of sp³-hybridized carbons (Fsp3) is 0.312. The summed E-state index contributed by atoms with van der Waals surface area (Å²) < 4.78 is 33.7. The summed E-state index contributed by atoms with van der Waals surface area (Å²) in [6.45, 7) is 4.99.